The summed E-state index contributed by atoms with van der Waals surface area (Å²) in [6.07, 6.45) is 0. The quantitative estimate of drug-likeness (QED) is 0.504. The lowest BCUT2D eigenvalue weighted by Gasteiger charge is -2.36. The number of aromatic amines is 1. The van der Waals surface area contributed by atoms with Gasteiger partial charge in [-0.25, -0.2) is 9.18 Å². The molecule has 0 unspecified atom stereocenters. The van der Waals surface area contributed by atoms with E-state index in [0.717, 1.165) is 11.3 Å². The summed E-state index contributed by atoms with van der Waals surface area (Å²) >= 11 is 1.30. The summed E-state index contributed by atoms with van der Waals surface area (Å²) in [6, 6.07) is 15.1. The fraction of sp³-hybridized carbons (Fsp3) is 0.208. The summed E-state index contributed by atoms with van der Waals surface area (Å²) in [7, 11) is 0. The summed E-state index contributed by atoms with van der Waals surface area (Å²) in [6.45, 7) is 2.62. The van der Waals surface area contributed by atoms with Crippen molar-refractivity contribution in [3.8, 4) is 0 Å². The number of piperazine rings is 1. The van der Waals surface area contributed by atoms with Crippen molar-refractivity contribution in [2.45, 2.75) is 6.54 Å². The van der Waals surface area contributed by atoms with Crippen molar-refractivity contribution < 1.29 is 9.18 Å². The number of benzene rings is 2. The minimum Gasteiger partial charge on any atom is -0.368 e. The second-order valence-corrected chi connectivity index (χ2v) is 8.85. The van der Waals surface area contributed by atoms with Gasteiger partial charge < -0.3 is 14.8 Å². The van der Waals surface area contributed by atoms with Crippen molar-refractivity contribution >= 4 is 33.1 Å². The van der Waals surface area contributed by atoms with Crippen molar-refractivity contribution in [2.24, 2.45) is 0 Å². The van der Waals surface area contributed by atoms with Gasteiger partial charge in [0.15, 0.2) is 0 Å². The number of thiophene rings is 1. The van der Waals surface area contributed by atoms with Crippen molar-refractivity contribution in [3.05, 3.63) is 97.8 Å². The first-order valence-electron chi connectivity index (χ1n) is 10.6. The maximum Gasteiger partial charge on any atom is 0.329 e. The fourth-order valence-electron chi connectivity index (χ4n) is 4.05. The molecule has 3 heterocycles. The highest BCUT2D eigenvalue weighted by atomic mass is 32.1. The van der Waals surface area contributed by atoms with Crippen LogP contribution in [0.4, 0.5) is 10.1 Å². The van der Waals surface area contributed by atoms with E-state index in [1.165, 1.54) is 28.0 Å². The molecule has 168 valence electrons. The van der Waals surface area contributed by atoms with Crippen LogP contribution in [0.15, 0.2) is 69.6 Å². The number of carbonyl (C=O) groups is 1. The van der Waals surface area contributed by atoms with E-state index in [1.807, 2.05) is 0 Å². The Hall–Kier alpha value is -3.72. The van der Waals surface area contributed by atoms with Crippen molar-refractivity contribution in [1.82, 2.24) is 14.5 Å². The third-order valence-electron chi connectivity index (χ3n) is 5.89. The van der Waals surface area contributed by atoms with Crippen LogP contribution in [0.1, 0.15) is 15.9 Å². The Kier molecular flexibility index (Phi) is 5.55. The average molecular weight is 465 g/mol. The number of fused-ring (bicyclic) bond motifs is 1. The molecule has 1 saturated heterocycles. The molecular weight excluding hydrogens is 443 g/mol. The second kappa shape index (κ2) is 8.67. The van der Waals surface area contributed by atoms with E-state index in [4.69, 9.17) is 0 Å². The molecule has 0 bridgehead atoms. The van der Waals surface area contributed by atoms with Gasteiger partial charge in [0.2, 0.25) is 0 Å². The summed E-state index contributed by atoms with van der Waals surface area (Å²) < 4.78 is 14.8. The lowest BCUT2D eigenvalue weighted by atomic mass is 10.1. The molecule has 1 aliphatic heterocycles. The first-order valence-corrected chi connectivity index (χ1v) is 11.5. The minimum absolute atomic E-state index is 0.0599. The number of aromatic nitrogens is 2. The Morgan fingerprint density at radius 2 is 1.64 bits per heavy atom. The van der Waals surface area contributed by atoms with Crippen LogP contribution in [0.5, 0.6) is 0 Å². The Labute approximate surface area is 192 Å². The standard InChI is InChI=1S/C24H21FN4O3S/c25-18-5-7-19(8-6-18)27-10-12-28(13-11-27)22(30)17-3-1-16(2-4-17)15-29-23(31)21-20(9-14-33-21)26-24(29)32/h1-9,14H,10-13,15H2,(H,26,32). The van der Waals surface area contributed by atoms with E-state index < -0.39 is 5.69 Å². The molecule has 9 heteroatoms. The highest BCUT2D eigenvalue weighted by Gasteiger charge is 2.22. The molecule has 4 aromatic rings. The number of carbonyl (C=O) groups excluding carboxylic acids is 1. The number of halogens is 1. The number of nitrogens with one attached hydrogen (secondary N) is 1. The monoisotopic (exact) mass is 464 g/mol. The maximum atomic E-state index is 13.1. The van der Waals surface area contributed by atoms with Crippen LogP contribution in [0.2, 0.25) is 0 Å². The molecule has 33 heavy (non-hydrogen) atoms. The van der Waals surface area contributed by atoms with E-state index in [1.54, 1.807) is 52.7 Å². The molecule has 0 atom stereocenters. The lowest BCUT2D eigenvalue weighted by Crippen LogP contribution is -2.48. The fourth-order valence-corrected chi connectivity index (χ4v) is 4.85. The average Bonchev–Trinajstić information content (AvgIpc) is 3.31. The largest absolute Gasteiger partial charge is 0.368 e. The van der Waals surface area contributed by atoms with Crippen LogP contribution in [-0.2, 0) is 6.54 Å². The van der Waals surface area contributed by atoms with Crippen LogP contribution in [0, 0.1) is 5.82 Å². The molecule has 1 N–H and O–H groups in total. The summed E-state index contributed by atoms with van der Waals surface area (Å²) in [5, 5.41) is 1.77. The highest BCUT2D eigenvalue weighted by Crippen LogP contribution is 2.18. The Bertz CT molecular complexity index is 1420. The van der Waals surface area contributed by atoms with Crippen molar-refractivity contribution in [3.63, 3.8) is 0 Å². The molecular formula is C24H21FN4O3S. The van der Waals surface area contributed by atoms with E-state index in [0.29, 0.717) is 42.0 Å². The van der Waals surface area contributed by atoms with Gasteiger partial charge in [-0.3, -0.25) is 14.2 Å². The van der Waals surface area contributed by atoms with Gasteiger partial charge in [-0.1, -0.05) is 12.1 Å². The van der Waals surface area contributed by atoms with Gasteiger partial charge in [0, 0.05) is 37.4 Å². The summed E-state index contributed by atoms with van der Waals surface area (Å²) in [4.78, 5) is 44.5. The summed E-state index contributed by atoms with van der Waals surface area (Å²) in [5.74, 6) is -0.326. The predicted molar refractivity (Wildman–Crippen MR) is 127 cm³/mol. The highest BCUT2D eigenvalue weighted by molar-refractivity contribution is 7.17. The lowest BCUT2D eigenvalue weighted by molar-refractivity contribution is 0.0747. The number of anilines is 1. The smallest absolute Gasteiger partial charge is 0.329 e. The van der Waals surface area contributed by atoms with Crippen LogP contribution in [-0.4, -0.2) is 46.5 Å². The van der Waals surface area contributed by atoms with E-state index in [2.05, 4.69) is 9.88 Å². The molecule has 1 amide bonds. The normalized spacial score (nSPS) is 14.1. The van der Waals surface area contributed by atoms with Crippen LogP contribution >= 0.6 is 11.3 Å². The molecule has 0 aliphatic carbocycles. The SMILES string of the molecule is O=C(c1ccc(Cn2c(=O)[nH]c3ccsc3c2=O)cc1)N1CCN(c2ccc(F)cc2)CC1. The van der Waals surface area contributed by atoms with Crippen molar-refractivity contribution in [2.75, 3.05) is 31.1 Å². The zero-order chi connectivity index (χ0) is 22.9. The molecule has 5 rings (SSSR count). The number of H-pyrrole nitrogens is 1. The van der Waals surface area contributed by atoms with Gasteiger partial charge in [-0.2, -0.15) is 0 Å². The second-order valence-electron chi connectivity index (χ2n) is 7.94. The number of hydrogen-bond acceptors (Lipinski definition) is 5. The molecule has 2 aromatic heterocycles. The Morgan fingerprint density at radius 1 is 0.939 bits per heavy atom. The number of hydrogen-bond donors (Lipinski definition) is 1. The maximum absolute atomic E-state index is 13.1. The van der Waals surface area contributed by atoms with Gasteiger partial charge >= 0.3 is 5.69 Å². The van der Waals surface area contributed by atoms with Crippen LogP contribution in [0.3, 0.4) is 0 Å². The van der Waals surface area contributed by atoms with Gasteiger partial charge in [0.25, 0.3) is 11.5 Å². The molecule has 0 spiro atoms. The molecule has 0 radical (unpaired) electrons. The molecule has 0 saturated carbocycles. The van der Waals surface area contributed by atoms with Gasteiger partial charge in [-0.05, 0) is 53.4 Å². The zero-order valence-electron chi connectivity index (χ0n) is 17.7. The van der Waals surface area contributed by atoms with Crippen LogP contribution < -0.4 is 16.1 Å². The first-order chi connectivity index (χ1) is 16.0. The number of nitrogens with zero attached hydrogens (tertiary/aromatic N) is 3. The molecule has 1 aliphatic rings. The third-order valence-corrected chi connectivity index (χ3v) is 6.79. The topological polar surface area (TPSA) is 78.4 Å². The number of rotatable bonds is 4. The Balaban J connectivity index is 1.25. The zero-order valence-corrected chi connectivity index (χ0v) is 18.5. The van der Waals surface area contributed by atoms with E-state index in [9.17, 15) is 18.8 Å². The minimum atomic E-state index is -0.454. The van der Waals surface area contributed by atoms with E-state index in [-0.39, 0.29) is 23.8 Å². The molecule has 7 nitrogen and oxygen atoms in total. The van der Waals surface area contributed by atoms with Gasteiger partial charge in [0.1, 0.15) is 10.5 Å². The Morgan fingerprint density at radius 3 is 2.33 bits per heavy atom. The van der Waals surface area contributed by atoms with Gasteiger partial charge in [0.05, 0.1) is 12.1 Å². The van der Waals surface area contributed by atoms with Crippen molar-refractivity contribution in [1.29, 1.82) is 0 Å². The molecule has 1 fully saturated rings. The van der Waals surface area contributed by atoms with E-state index >= 15 is 0 Å². The van der Waals surface area contributed by atoms with Crippen LogP contribution in [0.25, 0.3) is 10.2 Å². The third kappa shape index (κ3) is 4.19. The number of amides is 1. The predicted octanol–water partition coefficient (Wildman–Crippen LogP) is 2.90. The molecule has 2 aromatic carbocycles. The first kappa shape index (κ1) is 21.1. The summed E-state index contributed by atoms with van der Waals surface area (Å²) in [5.41, 5.74) is 2.04. The van der Waals surface area contributed by atoms with Gasteiger partial charge in [-0.15, -0.1) is 11.3 Å².